The van der Waals surface area contributed by atoms with Gasteiger partial charge < -0.3 is 10.1 Å². The van der Waals surface area contributed by atoms with Crippen molar-refractivity contribution >= 4 is 5.97 Å². The number of nitrogens with one attached hydrogen (secondary N) is 1. The molecule has 0 spiro atoms. The molecule has 0 heterocycles. The van der Waals surface area contributed by atoms with E-state index >= 15 is 0 Å². The smallest absolute Gasteiger partial charge is 0.315 e. The topological polar surface area (TPSA) is 38.3 Å². The van der Waals surface area contributed by atoms with Gasteiger partial charge in [0.1, 0.15) is 0 Å². The normalized spacial score (nSPS) is 30.9. The summed E-state index contributed by atoms with van der Waals surface area (Å²) in [6, 6.07) is 0.396. The van der Waals surface area contributed by atoms with E-state index < -0.39 is 5.41 Å². The van der Waals surface area contributed by atoms with E-state index in [2.05, 4.69) is 11.4 Å². The highest BCUT2D eigenvalue weighted by molar-refractivity contribution is 5.80. The lowest BCUT2D eigenvalue weighted by Crippen LogP contribution is -2.38. The Hall–Kier alpha value is -0.830. The highest BCUT2D eigenvalue weighted by atomic mass is 16.5. The highest BCUT2D eigenvalue weighted by Crippen LogP contribution is 2.38. The Morgan fingerprint density at radius 1 is 1.73 bits per heavy atom. The Morgan fingerprint density at radius 3 is 2.87 bits per heavy atom. The fraction of sp³-hybridized carbons (Fsp3) is 0.750. The predicted octanol–water partition coefficient (Wildman–Crippen LogP) is 1.88. The molecule has 0 amide bonds. The molecule has 1 aliphatic rings. The molecular weight excluding hydrogens is 190 g/mol. The zero-order valence-electron chi connectivity index (χ0n) is 10.1. The van der Waals surface area contributed by atoms with Crippen molar-refractivity contribution in [3.8, 4) is 0 Å². The van der Waals surface area contributed by atoms with Gasteiger partial charge in [0, 0.05) is 6.04 Å². The van der Waals surface area contributed by atoms with Crippen LogP contribution in [0.15, 0.2) is 11.6 Å². The van der Waals surface area contributed by atoms with Gasteiger partial charge in [-0.3, -0.25) is 4.79 Å². The van der Waals surface area contributed by atoms with Crippen LogP contribution in [0.3, 0.4) is 0 Å². The summed E-state index contributed by atoms with van der Waals surface area (Å²) in [4.78, 5) is 11.8. The van der Waals surface area contributed by atoms with E-state index in [1.807, 2.05) is 27.8 Å². The van der Waals surface area contributed by atoms with Gasteiger partial charge in [-0.15, -0.1) is 0 Å². The van der Waals surface area contributed by atoms with E-state index in [4.69, 9.17) is 4.74 Å². The van der Waals surface area contributed by atoms with Crippen LogP contribution >= 0.6 is 0 Å². The van der Waals surface area contributed by atoms with E-state index in [-0.39, 0.29) is 5.97 Å². The van der Waals surface area contributed by atoms with Gasteiger partial charge in [0.05, 0.1) is 12.0 Å². The molecule has 0 saturated heterocycles. The third-order valence-corrected chi connectivity index (χ3v) is 3.37. The molecule has 1 rings (SSSR count). The summed E-state index contributed by atoms with van der Waals surface area (Å²) in [6.45, 7) is 6.29. The van der Waals surface area contributed by atoms with Crippen molar-refractivity contribution in [3.63, 3.8) is 0 Å². The Morgan fingerprint density at radius 2 is 2.40 bits per heavy atom. The molecule has 3 heteroatoms. The maximum atomic E-state index is 11.8. The van der Waals surface area contributed by atoms with Gasteiger partial charge in [-0.2, -0.15) is 0 Å². The lowest BCUT2D eigenvalue weighted by Gasteiger charge is -2.34. The van der Waals surface area contributed by atoms with Gasteiger partial charge in [0.25, 0.3) is 0 Å². The molecule has 15 heavy (non-hydrogen) atoms. The first-order valence-electron chi connectivity index (χ1n) is 5.58. The molecule has 0 aromatic heterocycles. The minimum atomic E-state index is -0.413. The van der Waals surface area contributed by atoms with Gasteiger partial charge in [-0.25, -0.2) is 0 Å². The second-order valence-electron chi connectivity index (χ2n) is 4.34. The highest BCUT2D eigenvalue weighted by Gasteiger charge is 2.39. The second-order valence-corrected chi connectivity index (χ2v) is 4.34. The van der Waals surface area contributed by atoms with Crippen LogP contribution in [0.5, 0.6) is 0 Å². The number of hydrogen-bond donors (Lipinski definition) is 1. The molecule has 86 valence electrons. The molecule has 1 aliphatic carbocycles. The quantitative estimate of drug-likeness (QED) is 0.572. The average Bonchev–Trinajstić information content (AvgIpc) is 2.22. The molecule has 2 unspecified atom stereocenters. The Bertz CT molecular complexity index is 273. The molecule has 0 bridgehead atoms. The van der Waals surface area contributed by atoms with Gasteiger partial charge in [-0.1, -0.05) is 11.6 Å². The summed E-state index contributed by atoms with van der Waals surface area (Å²) in [7, 11) is 1.95. The van der Waals surface area contributed by atoms with Gasteiger partial charge >= 0.3 is 5.97 Å². The van der Waals surface area contributed by atoms with Crippen molar-refractivity contribution in [2.75, 3.05) is 13.7 Å². The zero-order chi connectivity index (χ0) is 11.5. The molecule has 1 N–H and O–H groups in total. The van der Waals surface area contributed by atoms with Gasteiger partial charge in [-0.05, 0) is 40.7 Å². The fourth-order valence-electron chi connectivity index (χ4n) is 1.99. The number of carbonyl (C=O) groups is 1. The first kappa shape index (κ1) is 12.2. The van der Waals surface area contributed by atoms with E-state index in [0.29, 0.717) is 12.6 Å². The molecule has 3 nitrogen and oxygen atoms in total. The largest absolute Gasteiger partial charge is 0.465 e. The van der Waals surface area contributed by atoms with Crippen LogP contribution in [-0.2, 0) is 9.53 Å². The first-order chi connectivity index (χ1) is 7.04. The molecule has 0 fully saturated rings. The number of ether oxygens (including phenoxy) is 1. The number of likely N-dealkylation sites (N-methyl/N-ethyl adjacent to an activating group) is 1. The number of hydrogen-bond acceptors (Lipinski definition) is 3. The van der Waals surface area contributed by atoms with Crippen molar-refractivity contribution in [2.24, 2.45) is 5.41 Å². The lowest BCUT2D eigenvalue weighted by molar-refractivity contribution is -0.152. The SMILES string of the molecule is CCOC(=O)C1(C)CCC(NC)C=C1C. The van der Waals surface area contributed by atoms with Crippen molar-refractivity contribution in [2.45, 2.75) is 39.7 Å². The maximum absolute atomic E-state index is 11.8. The van der Waals surface area contributed by atoms with Crippen LogP contribution in [0, 0.1) is 5.41 Å². The Balaban J connectivity index is 2.82. The molecule has 0 aromatic carbocycles. The van der Waals surface area contributed by atoms with Crippen LogP contribution in [0.4, 0.5) is 0 Å². The number of esters is 1. The molecular formula is C12H21NO2. The number of carbonyl (C=O) groups excluding carboxylic acids is 1. The number of rotatable bonds is 3. The fourth-order valence-corrected chi connectivity index (χ4v) is 1.99. The van der Waals surface area contributed by atoms with Gasteiger partial charge in [0.2, 0.25) is 0 Å². The Labute approximate surface area is 91.9 Å². The minimum Gasteiger partial charge on any atom is -0.465 e. The van der Waals surface area contributed by atoms with E-state index in [1.54, 1.807) is 0 Å². The molecule has 0 radical (unpaired) electrons. The molecule has 0 aromatic rings. The predicted molar refractivity (Wildman–Crippen MR) is 60.6 cm³/mol. The monoisotopic (exact) mass is 211 g/mol. The average molecular weight is 211 g/mol. The van der Waals surface area contributed by atoms with Gasteiger partial charge in [0.15, 0.2) is 0 Å². The van der Waals surface area contributed by atoms with E-state index in [0.717, 1.165) is 18.4 Å². The van der Waals surface area contributed by atoms with Crippen LogP contribution in [0.1, 0.15) is 33.6 Å². The van der Waals surface area contributed by atoms with E-state index in [9.17, 15) is 4.79 Å². The minimum absolute atomic E-state index is 0.0895. The summed E-state index contributed by atoms with van der Waals surface area (Å²) in [6.07, 6.45) is 3.99. The summed E-state index contributed by atoms with van der Waals surface area (Å²) in [5.74, 6) is -0.0895. The molecule has 0 saturated carbocycles. The summed E-state index contributed by atoms with van der Waals surface area (Å²) in [5, 5.41) is 3.21. The maximum Gasteiger partial charge on any atom is 0.315 e. The van der Waals surface area contributed by atoms with Crippen molar-refractivity contribution in [3.05, 3.63) is 11.6 Å². The molecule has 2 atom stereocenters. The summed E-state index contributed by atoms with van der Waals surface area (Å²) < 4.78 is 5.12. The van der Waals surface area contributed by atoms with Crippen LogP contribution in [0.2, 0.25) is 0 Å². The zero-order valence-corrected chi connectivity index (χ0v) is 10.1. The first-order valence-corrected chi connectivity index (χ1v) is 5.58. The van der Waals surface area contributed by atoms with Crippen LogP contribution in [0.25, 0.3) is 0 Å². The molecule has 0 aliphatic heterocycles. The second kappa shape index (κ2) is 4.79. The van der Waals surface area contributed by atoms with Crippen molar-refractivity contribution < 1.29 is 9.53 Å². The van der Waals surface area contributed by atoms with Crippen molar-refractivity contribution in [1.29, 1.82) is 0 Å². The summed E-state index contributed by atoms with van der Waals surface area (Å²) >= 11 is 0. The van der Waals surface area contributed by atoms with Crippen LogP contribution in [-0.4, -0.2) is 25.7 Å². The van der Waals surface area contributed by atoms with Crippen molar-refractivity contribution in [1.82, 2.24) is 5.32 Å². The van der Waals surface area contributed by atoms with Crippen LogP contribution < -0.4 is 5.32 Å². The third kappa shape index (κ3) is 2.40. The third-order valence-electron chi connectivity index (χ3n) is 3.37. The van der Waals surface area contributed by atoms with E-state index in [1.165, 1.54) is 0 Å². The summed E-state index contributed by atoms with van der Waals surface area (Å²) in [5.41, 5.74) is 0.704. The Kier molecular flexibility index (Phi) is 3.91. The lowest BCUT2D eigenvalue weighted by atomic mass is 9.73. The standard InChI is InChI=1S/C12H21NO2/c1-5-15-11(14)12(3)7-6-10(13-4)8-9(12)2/h8,10,13H,5-7H2,1-4H3.